The number of ether oxygens (including phenoxy) is 5. The smallest absolute Gasteiger partial charge is 0.417 e. The highest BCUT2D eigenvalue weighted by atomic mass is 19.4. The van der Waals surface area contributed by atoms with Gasteiger partial charge in [-0.05, 0) is 106 Å². The third kappa shape index (κ3) is 9.13. The molecular formula is C54H55F6N9O5. The molecule has 14 nitrogen and oxygen atoms in total. The van der Waals surface area contributed by atoms with Crippen molar-refractivity contribution in [2.45, 2.75) is 95.6 Å². The van der Waals surface area contributed by atoms with E-state index in [9.17, 15) is 0 Å². The monoisotopic (exact) mass is 1020 g/mol. The van der Waals surface area contributed by atoms with Crippen LogP contribution >= 0.6 is 0 Å². The van der Waals surface area contributed by atoms with Gasteiger partial charge in [-0.2, -0.15) is 28.2 Å². The maximum atomic E-state index is 18.1. The van der Waals surface area contributed by atoms with E-state index in [-0.39, 0.29) is 66.8 Å². The van der Waals surface area contributed by atoms with E-state index in [1.54, 1.807) is 23.8 Å². The Labute approximate surface area is 423 Å². The molecule has 11 rings (SSSR count). The lowest BCUT2D eigenvalue weighted by Gasteiger charge is -2.34. The minimum atomic E-state index is -4.96. The molecule has 0 saturated carbocycles. The van der Waals surface area contributed by atoms with Gasteiger partial charge < -0.3 is 33.5 Å². The Bertz CT molecular complexity index is 3160. The van der Waals surface area contributed by atoms with Gasteiger partial charge in [-0.3, -0.25) is 4.90 Å². The number of hydrogen-bond donors (Lipinski definition) is 0. The summed E-state index contributed by atoms with van der Waals surface area (Å²) < 4.78 is 127. The molecule has 20 heteroatoms. The van der Waals surface area contributed by atoms with Crippen molar-refractivity contribution in [1.82, 2.24) is 34.6 Å². The first-order chi connectivity index (χ1) is 35.7. The molecular weight excluding hydrogens is 969 g/mol. The number of nitrogens with zero attached hydrogens (tertiary/aromatic N) is 9. The van der Waals surface area contributed by atoms with E-state index in [4.69, 9.17) is 33.7 Å². The molecule has 0 aliphatic carbocycles. The van der Waals surface area contributed by atoms with E-state index in [0.29, 0.717) is 67.5 Å². The van der Waals surface area contributed by atoms with Crippen LogP contribution in [0.25, 0.3) is 33.1 Å². The summed E-state index contributed by atoms with van der Waals surface area (Å²) in [5.74, 6) is -0.145. The summed E-state index contributed by atoms with van der Waals surface area (Å²) in [4.78, 5) is 24.8. The van der Waals surface area contributed by atoms with Crippen LogP contribution < -0.4 is 28.7 Å². The van der Waals surface area contributed by atoms with Crippen LogP contribution in [0.3, 0.4) is 0 Å². The van der Waals surface area contributed by atoms with E-state index in [1.807, 2.05) is 60.4 Å². The molecule has 3 fully saturated rings. The molecule has 74 heavy (non-hydrogen) atoms. The Kier molecular flexibility index (Phi) is 13.1. The number of pyridine rings is 2. The lowest BCUT2D eigenvalue weighted by Crippen LogP contribution is -2.43. The second-order valence-corrected chi connectivity index (χ2v) is 19.6. The Morgan fingerprint density at radius 2 is 1.62 bits per heavy atom. The van der Waals surface area contributed by atoms with Crippen molar-refractivity contribution < 1.29 is 50.0 Å². The van der Waals surface area contributed by atoms with Gasteiger partial charge in [0.25, 0.3) is 0 Å². The van der Waals surface area contributed by atoms with E-state index in [2.05, 4.69) is 20.0 Å². The second-order valence-electron chi connectivity index (χ2n) is 19.6. The van der Waals surface area contributed by atoms with Gasteiger partial charge in [-0.25, -0.2) is 27.8 Å². The number of aromatic nitrogens is 6. The Balaban J connectivity index is 1.07. The van der Waals surface area contributed by atoms with Gasteiger partial charge in [0.1, 0.15) is 64.9 Å². The molecule has 7 aromatic rings. The van der Waals surface area contributed by atoms with E-state index in [1.165, 1.54) is 25.3 Å². The lowest BCUT2D eigenvalue weighted by atomic mass is 9.94. The van der Waals surface area contributed by atoms with Crippen LogP contribution in [-0.4, -0.2) is 100 Å². The van der Waals surface area contributed by atoms with Gasteiger partial charge in [-0.15, -0.1) is 0 Å². The normalized spacial score (nSPS) is 20.4. The standard InChI is InChI=1S/C54H55F6N9O5/c1-31-22-41-40(26-62-69(41)42-8-5-6-20-72-42)43(45(31)54(58,59)60)47-46(57)48-44-50(65-52(64-48)74-30-53-17-7-18-67(53)29-36(56)24-53)68(19-21-73-51(44)63-47)32(2)39-23-35(55)25-61-49(39)66(27-33-9-13-37(70-3)14-10-33)28-34-11-15-38(71-4)16-12-34/h9-16,22-23,25-26,32,36,42H,5-8,17-21,24,27-30H2,1-4H3/t32?,36-,42?,53+/m1/s1. The van der Waals surface area contributed by atoms with Gasteiger partial charge in [0.15, 0.2) is 12.0 Å². The van der Waals surface area contributed by atoms with Crippen molar-refractivity contribution in [3.8, 4) is 34.6 Å². The predicted molar refractivity (Wildman–Crippen MR) is 264 cm³/mol. The molecule has 3 saturated heterocycles. The Morgan fingerprint density at radius 1 is 0.892 bits per heavy atom. The summed E-state index contributed by atoms with van der Waals surface area (Å²) in [6.45, 7) is 5.14. The lowest BCUT2D eigenvalue weighted by molar-refractivity contribution is -0.137. The van der Waals surface area contributed by atoms with Gasteiger partial charge >= 0.3 is 12.2 Å². The first-order valence-electron chi connectivity index (χ1n) is 24.9. The highest BCUT2D eigenvalue weighted by Crippen LogP contribution is 2.49. The van der Waals surface area contributed by atoms with E-state index < -0.39 is 64.1 Å². The van der Waals surface area contributed by atoms with Gasteiger partial charge in [0.2, 0.25) is 5.88 Å². The molecule has 3 aromatic carbocycles. The molecule has 2 unspecified atom stereocenters. The largest absolute Gasteiger partial charge is 0.497 e. The fourth-order valence-electron chi connectivity index (χ4n) is 11.4. The number of anilines is 2. The molecule has 4 atom stereocenters. The van der Waals surface area contributed by atoms with Crippen LogP contribution in [0.5, 0.6) is 23.4 Å². The molecule has 0 radical (unpaired) electrons. The van der Waals surface area contributed by atoms with Crippen molar-refractivity contribution in [1.29, 1.82) is 0 Å². The van der Waals surface area contributed by atoms with E-state index in [0.717, 1.165) is 36.6 Å². The highest BCUT2D eigenvalue weighted by molar-refractivity contribution is 6.02. The molecule has 0 amide bonds. The number of rotatable bonds is 14. The number of hydrogen-bond acceptors (Lipinski definition) is 13. The van der Waals surface area contributed by atoms with Crippen LogP contribution in [-0.2, 0) is 24.0 Å². The fraction of sp³-hybridized carbons (Fsp3) is 0.426. The zero-order valence-electron chi connectivity index (χ0n) is 41.4. The minimum absolute atomic E-state index is 0.00655. The van der Waals surface area contributed by atoms with Crippen LogP contribution in [0.2, 0.25) is 0 Å². The highest BCUT2D eigenvalue weighted by Gasteiger charge is 2.50. The maximum absolute atomic E-state index is 18.1. The summed E-state index contributed by atoms with van der Waals surface area (Å²) >= 11 is 0. The number of aryl methyl sites for hydroxylation is 1. The van der Waals surface area contributed by atoms with Crippen molar-refractivity contribution in [3.63, 3.8) is 0 Å². The molecule has 0 N–H and O–H groups in total. The summed E-state index contributed by atoms with van der Waals surface area (Å²) in [5, 5.41) is 4.49. The van der Waals surface area contributed by atoms with Crippen LogP contribution in [0.1, 0.15) is 85.5 Å². The SMILES string of the molecule is COc1ccc(CN(Cc2ccc(OC)cc2)c2ncc(F)cc2C(C)N2CCOc3nc(-c4c(C(F)(F)F)c(C)cc5c4cnn5C4CCCCO4)c(F)c4nc(OC[C@@]56CCCN5C[C@H](F)C6)nc2c34)cc1. The molecule has 4 aliphatic heterocycles. The average Bonchev–Trinajstić information content (AvgIpc) is 4.08. The fourth-order valence-corrected chi connectivity index (χ4v) is 11.4. The number of fused-ring (bicyclic) bond motifs is 2. The number of alkyl halides is 4. The average molecular weight is 1020 g/mol. The van der Waals surface area contributed by atoms with Crippen molar-refractivity contribution in [2.75, 3.05) is 63.5 Å². The van der Waals surface area contributed by atoms with Gasteiger partial charge in [0.05, 0.1) is 55.8 Å². The Morgan fingerprint density at radius 3 is 2.30 bits per heavy atom. The van der Waals surface area contributed by atoms with E-state index >= 15 is 26.3 Å². The minimum Gasteiger partial charge on any atom is -0.497 e. The summed E-state index contributed by atoms with van der Waals surface area (Å²) in [6.07, 6.45) is -0.182. The molecule has 388 valence electrons. The zero-order valence-corrected chi connectivity index (χ0v) is 41.4. The quantitative estimate of drug-likeness (QED) is 0.0961. The number of benzene rings is 3. The van der Waals surface area contributed by atoms with Crippen molar-refractivity contribution in [3.05, 3.63) is 113 Å². The number of halogens is 6. The molecule has 8 heterocycles. The van der Waals surface area contributed by atoms with Crippen LogP contribution in [0.4, 0.5) is 38.0 Å². The summed E-state index contributed by atoms with van der Waals surface area (Å²) in [6, 6.07) is 16.9. The Hall–Kier alpha value is -6.93. The summed E-state index contributed by atoms with van der Waals surface area (Å²) in [5.41, 5.74) is -0.958. The first-order valence-corrected chi connectivity index (χ1v) is 24.9. The van der Waals surface area contributed by atoms with Crippen molar-refractivity contribution >= 4 is 33.4 Å². The summed E-state index contributed by atoms with van der Waals surface area (Å²) in [7, 11) is 3.18. The number of methoxy groups -OCH3 is 2. The molecule has 4 aliphatic rings. The van der Waals surface area contributed by atoms with Crippen molar-refractivity contribution in [2.24, 2.45) is 0 Å². The zero-order chi connectivity index (χ0) is 51.5. The topological polar surface area (TPSA) is 125 Å². The van der Waals surface area contributed by atoms with Crippen LogP contribution in [0.15, 0.2) is 73.1 Å². The molecule has 0 spiro atoms. The third-order valence-electron chi connectivity index (χ3n) is 15.0. The van der Waals surface area contributed by atoms with Gasteiger partial charge in [0, 0.05) is 49.2 Å². The predicted octanol–water partition coefficient (Wildman–Crippen LogP) is 10.9. The third-order valence-corrected chi connectivity index (χ3v) is 15.0. The second kappa shape index (κ2) is 19.7. The van der Waals surface area contributed by atoms with Gasteiger partial charge in [-0.1, -0.05) is 24.3 Å². The first kappa shape index (κ1) is 49.3. The molecule has 0 bridgehead atoms. The van der Waals surface area contributed by atoms with Crippen LogP contribution in [0, 0.1) is 18.6 Å². The maximum Gasteiger partial charge on any atom is 0.417 e. The molecule has 4 aromatic heterocycles.